The Morgan fingerprint density at radius 2 is 0.600 bits per heavy atom. The lowest BCUT2D eigenvalue weighted by Gasteiger charge is -2.45. The van der Waals surface area contributed by atoms with E-state index in [9.17, 15) is 0 Å². The monoisotopic (exact) mass is 912 g/mol. The predicted octanol–water partition coefficient (Wildman–Crippen LogP) is 15.2. The number of hydrogen-bond donors (Lipinski definition) is 0. The van der Waals surface area contributed by atoms with Crippen molar-refractivity contribution >= 4 is 68.8 Å². The van der Waals surface area contributed by atoms with E-state index in [-0.39, 0.29) is 6.71 Å². The van der Waals surface area contributed by atoms with Gasteiger partial charge in [-0.2, -0.15) is 0 Å². The number of halogens is 1. The highest BCUT2D eigenvalue weighted by atomic mass is 35.5. The highest BCUT2D eigenvalue weighted by Gasteiger charge is 2.45. The van der Waals surface area contributed by atoms with Gasteiger partial charge in [0.15, 0.2) is 0 Å². The van der Waals surface area contributed by atoms with Crippen LogP contribution in [0, 0.1) is 0 Å². The van der Waals surface area contributed by atoms with E-state index in [1.807, 2.05) is 24.8 Å². The first-order valence-corrected chi connectivity index (χ1v) is 24.1. The first kappa shape index (κ1) is 41.4. The topological polar surface area (TPSA) is 32.3 Å². The second-order valence-electron chi connectivity index (χ2n) is 17.9. The molecule has 0 bridgehead atoms. The third kappa shape index (κ3) is 7.01. The van der Waals surface area contributed by atoms with Gasteiger partial charge in [0.1, 0.15) is 0 Å². The van der Waals surface area contributed by atoms with Crippen molar-refractivity contribution in [3.05, 3.63) is 260 Å². The second kappa shape index (κ2) is 17.4. The Kier molecular flexibility index (Phi) is 10.3. The molecule has 0 saturated heterocycles. The van der Waals surface area contributed by atoms with Gasteiger partial charge in [0.25, 0.3) is 6.71 Å². The van der Waals surface area contributed by atoms with Crippen LogP contribution < -0.4 is 26.2 Å². The van der Waals surface area contributed by atoms with Crippen molar-refractivity contribution in [3.8, 4) is 66.8 Å². The summed E-state index contributed by atoms with van der Waals surface area (Å²) in [4.78, 5) is 14.9. The summed E-state index contributed by atoms with van der Waals surface area (Å²) in [5, 5.41) is 0.629. The van der Waals surface area contributed by atoms with Crippen LogP contribution in [-0.2, 0) is 0 Å². The summed E-state index contributed by atoms with van der Waals surface area (Å²) in [5.74, 6) is 0. The fraction of sp³-hybridized carbons (Fsp3) is 0. The van der Waals surface area contributed by atoms with E-state index >= 15 is 0 Å². The lowest BCUT2D eigenvalue weighted by molar-refractivity contribution is 1.22. The van der Waals surface area contributed by atoms with E-state index < -0.39 is 0 Å². The molecule has 6 heteroatoms. The number of aromatic nitrogens is 2. The minimum absolute atomic E-state index is 0.198. The molecule has 0 atom stereocenters. The molecule has 4 heterocycles. The van der Waals surface area contributed by atoms with Crippen LogP contribution in [0.4, 0.5) is 34.1 Å². The molecule has 2 aromatic heterocycles. The van der Waals surface area contributed by atoms with Crippen molar-refractivity contribution in [2.24, 2.45) is 0 Å². The maximum absolute atomic E-state index is 7.65. The van der Waals surface area contributed by atoms with Crippen LogP contribution in [0.1, 0.15) is 0 Å². The Morgan fingerprint density at radius 1 is 0.300 bits per heavy atom. The highest BCUT2D eigenvalue weighted by molar-refractivity contribution is 7.00. The number of anilines is 6. The lowest BCUT2D eigenvalue weighted by Crippen LogP contribution is -2.61. The Bertz CT molecular complexity index is 3370. The number of nitrogens with zero attached hydrogens (tertiary/aromatic N) is 4. The molecule has 0 aliphatic carbocycles. The molecule has 0 unspecified atom stereocenters. The zero-order valence-electron chi connectivity index (χ0n) is 38.0. The Labute approximate surface area is 413 Å². The van der Waals surface area contributed by atoms with E-state index in [1.165, 1.54) is 10.9 Å². The molecular weight excluding hydrogens is 871 g/mol. The lowest BCUT2D eigenvalue weighted by atomic mass is 9.33. The molecule has 0 N–H and O–H groups in total. The second-order valence-corrected chi connectivity index (χ2v) is 18.3. The summed E-state index contributed by atoms with van der Waals surface area (Å²) in [5.41, 5.74) is 22.7. The zero-order chi connectivity index (χ0) is 46.5. The van der Waals surface area contributed by atoms with Crippen molar-refractivity contribution in [1.29, 1.82) is 0 Å². The van der Waals surface area contributed by atoms with E-state index in [0.717, 1.165) is 106 Å². The van der Waals surface area contributed by atoms with E-state index in [4.69, 9.17) is 21.6 Å². The molecule has 0 fully saturated rings. The molecule has 9 aromatic carbocycles. The van der Waals surface area contributed by atoms with E-state index in [2.05, 4.69) is 240 Å². The number of pyridine rings is 2. The summed E-state index contributed by atoms with van der Waals surface area (Å²) in [7, 11) is 0. The Hall–Kier alpha value is -8.77. The van der Waals surface area contributed by atoms with Crippen LogP contribution >= 0.6 is 11.6 Å². The molecule has 13 rings (SSSR count). The summed E-state index contributed by atoms with van der Waals surface area (Å²) < 4.78 is 0. The maximum atomic E-state index is 7.65. The van der Waals surface area contributed by atoms with Crippen LogP contribution in [-0.4, -0.2) is 16.7 Å². The predicted molar refractivity (Wildman–Crippen MR) is 294 cm³/mol. The molecule has 4 nitrogen and oxygen atoms in total. The van der Waals surface area contributed by atoms with Crippen LogP contribution in [0.25, 0.3) is 66.8 Å². The van der Waals surface area contributed by atoms with Crippen LogP contribution in [0.2, 0.25) is 5.02 Å². The van der Waals surface area contributed by atoms with Crippen molar-refractivity contribution in [1.82, 2.24) is 9.97 Å². The maximum Gasteiger partial charge on any atom is 0.252 e. The molecule has 328 valence electrons. The first-order valence-electron chi connectivity index (χ1n) is 23.7. The summed E-state index contributed by atoms with van der Waals surface area (Å²) in [6.07, 6.45) is 8.06. The minimum atomic E-state index is -0.198. The number of hydrogen-bond acceptors (Lipinski definition) is 4. The summed E-state index contributed by atoms with van der Waals surface area (Å²) in [6.45, 7) is -0.198. The number of benzene rings is 9. The molecule has 11 aromatic rings. The third-order valence-corrected chi connectivity index (χ3v) is 14.1. The third-order valence-electron chi connectivity index (χ3n) is 13.9. The van der Waals surface area contributed by atoms with Gasteiger partial charge in [-0.1, -0.05) is 218 Å². The Morgan fingerprint density at radius 3 is 0.914 bits per heavy atom. The minimum Gasteiger partial charge on any atom is -0.310 e. The van der Waals surface area contributed by atoms with Gasteiger partial charge >= 0.3 is 0 Å². The van der Waals surface area contributed by atoms with Crippen molar-refractivity contribution in [2.45, 2.75) is 0 Å². The highest BCUT2D eigenvalue weighted by Crippen LogP contribution is 2.53. The smallest absolute Gasteiger partial charge is 0.252 e. The largest absolute Gasteiger partial charge is 0.310 e. The number of rotatable bonds is 8. The number of fused-ring (bicyclic) bond motifs is 4. The summed E-state index contributed by atoms with van der Waals surface area (Å²) in [6, 6.07) is 82.4. The normalized spacial score (nSPS) is 12.3. The molecule has 2 aliphatic rings. The molecular formula is C64H42BClN4. The molecule has 70 heavy (non-hydrogen) atoms. The van der Waals surface area contributed by atoms with Gasteiger partial charge in [0, 0.05) is 74.8 Å². The van der Waals surface area contributed by atoms with Gasteiger partial charge in [-0.3, -0.25) is 9.97 Å². The average molecular weight is 913 g/mol. The quantitative estimate of drug-likeness (QED) is 0.142. The zero-order valence-corrected chi connectivity index (χ0v) is 38.7. The average Bonchev–Trinajstić information content (AvgIpc) is 3.44. The van der Waals surface area contributed by atoms with Gasteiger partial charge in [0.2, 0.25) is 0 Å². The fourth-order valence-corrected chi connectivity index (χ4v) is 11.0. The van der Waals surface area contributed by atoms with Gasteiger partial charge in [0.05, 0.1) is 11.4 Å². The van der Waals surface area contributed by atoms with Crippen LogP contribution in [0.15, 0.2) is 255 Å². The van der Waals surface area contributed by atoms with E-state index in [0.29, 0.717) is 5.02 Å². The standard InChI is InChI=1S/C64H42BClN4/c66-51-37-60-62-61(38-51)70(64-54(47-27-15-5-16-28-47)41-68-42-55(64)48-29-17-6-18-30-48)59-34-32-50(44-21-9-2-10-22-44)36-57(59)65(62)56-35-49(43-19-7-1-8-20-43)31-33-58(56)69(60)63-52(45-23-11-3-12-24-45)39-67-40-53(63)46-25-13-4-14-26-46/h1-42H. The molecule has 0 spiro atoms. The fourth-order valence-electron chi connectivity index (χ4n) is 10.8. The van der Waals surface area contributed by atoms with Gasteiger partial charge in [-0.15, -0.1) is 0 Å². The van der Waals surface area contributed by atoms with Crippen molar-refractivity contribution in [2.75, 3.05) is 9.80 Å². The van der Waals surface area contributed by atoms with Crippen LogP contribution in [0.5, 0.6) is 0 Å². The van der Waals surface area contributed by atoms with Crippen molar-refractivity contribution in [3.63, 3.8) is 0 Å². The molecule has 0 amide bonds. The first-order chi connectivity index (χ1) is 34.7. The van der Waals surface area contributed by atoms with E-state index in [1.54, 1.807) is 0 Å². The SMILES string of the molecule is Clc1cc2c3c(c1)N(c1c(-c4ccccc4)cncc1-c1ccccc1)c1ccc(-c4ccccc4)cc1B3c1cc(-c3ccccc3)ccc1N2c1c(-c2ccccc2)cncc1-c1ccccc1. The summed E-state index contributed by atoms with van der Waals surface area (Å²) >= 11 is 7.65. The molecule has 2 aliphatic heterocycles. The van der Waals surface area contributed by atoms with Gasteiger partial charge < -0.3 is 9.80 Å². The van der Waals surface area contributed by atoms with Gasteiger partial charge in [-0.25, -0.2) is 0 Å². The molecule has 0 radical (unpaired) electrons. The van der Waals surface area contributed by atoms with Crippen molar-refractivity contribution < 1.29 is 0 Å². The van der Waals surface area contributed by atoms with Crippen LogP contribution in [0.3, 0.4) is 0 Å². The van der Waals surface area contributed by atoms with Gasteiger partial charge in [-0.05, 0) is 85.2 Å². The molecule has 0 saturated carbocycles. The Balaban J connectivity index is 1.19.